The molecule has 2 aromatic rings. The van der Waals surface area contributed by atoms with E-state index < -0.39 is 6.16 Å². The molecule has 4 N–H and O–H groups in total. The van der Waals surface area contributed by atoms with Crippen molar-refractivity contribution in [1.82, 2.24) is 24.6 Å². The minimum atomic E-state index is -0.645. The van der Waals surface area contributed by atoms with E-state index in [2.05, 4.69) is 15.2 Å². The summed E-state index contributed by atoms with van der Waals surface area (Å²) in [5.74, 6) is 1.43. The fraction of sp³-hybridized carbons (Fsp3) is 0.750. The molecule has 1 aliphatic heterocycles. The highest BCUT2D eigenvalue weighted by atomic mass is 35.5. The molecule has 3 fully saturated rings. The van der Waals surface area contributed by atoms with Crippen molar-refractivity contribution in [2.24, 2.45) is 5.73 Å². The molecule has 0 atom stereocenters. The van der Waals surface area contributed by atoms with Gasteiger partial charge in [-0.25, -0.2) is 9.78 Å². The van der Waals surface area contributed by atoms with Crippen LogP contribution in [0.4, 0.5) is 16.6 Å². The van der Waals surface area contributed by atoms with Gasteiger partial charge in [0.2, 0.25) is 5.95 Å². The molecule has 11 nitrogen and oxygen atoms in total. The number of nitrogens with two attached hydrogens (primary N) is 1. The molecular formula is C24H40Cl2N8O3. The van der Waals surface area contributed by atoms with Crippen molar-refractivity contribution in [3.05, 3.63) is 6.33 Å². The number of halogens is 2. The Labute approximate surface area is 230 Å². The van der Waals surface area contributed by atoms with Crippen molar-refractivity contribution in [2.45, 2.75) is 95.3 Å². The molecule has 0 bridgehead atoms. The minimum Gasteiger partial charge on any atom is -0.433 e. The predicted molar refractivity (Wildman–Crippen MR) is 148 cm³/mol. The number of hydroxylamine groups is 2. The Morgan fingerprint density at radius 1 is 1.00 bits per heavy atom. The number of piperidine rings is 1. The second-order valence-corrected chi connectivity index (χ2v) is 10.0. The van der Waals surface area contributed by atoms with E-state index in [1.807, 2.05) is 6.33 Å². The summed E-state index contributed by atoms with van der Waals surface area (Å²) < 4.78 is 7.12. The molecule has 208 valence electrons. The van der Waals surface area contributed by atoms with Gasteiger partial charge in [-0.05, 0) is 58.3 Å². The molecule has 5 rings (SSSR count). The molecule has 37 heavy (non-hydrogen) atoms. The predicted octanol–water partition coefficient (Wildman–Crippen LogP) is 4.43. The number of aromatic nitrogens is 4. The van der Waals surface area contributed by atoms with Crippen LogP contribution in [0.2, 0.25) is 0 Å². The number of rotatable bonds is 7. The monoisotopic (exact) mass is 558 g/mol. The first-order valence-corrected chi connectivity index (χ1v) is 13.2. The van der Waals surface area contributed by atoms with E-state index in [1.165, 1.54) is 25.7 Å². The second-order valence-electron chi connectivity index (χ2n) is 10.0. The van der Waals surface area contributed by atoms with Crippen molar-refractivity contribution >= 4 is 53.9 Å². The fourth-order valence-electron chi connectivity index (χ4n) is 5.51. The van der Waals surface area contributed by atoms with Gasteiger partial charge in [-0.1, -0.05) is 12.8 Å². The number of hydrogen-bond donors (Lipinski definition) is 3. The number of carbonyl (C=O) groups is 1. The third-order valence-corrected chi connectivity index (χ3v) is 7.51. The molecule has 3 aliphatic rings. The third-order valence-electron chi connectivity index (χ3n) is 7.51. The van der Waals surface area contributed by atoms with Crippen LogP contribution in [0.5, 0.6) is 0 Å². The summed E-state index contributed by atoms with van der Waals surface area (Å²) in [7, 11) is 0. The van der Waals surface area contributed by atoms with Crippen LogP contribution < -0.4 is 16.4 Å². The van der Waals surface area contributed by atoms with Crippen molar-refractivity contribution in [3.8, 4) is 0 Å². The molecule has 2 saturated carbocycles. The Balaban J connectivity index is 0.00000190. The van der Waals surface area contributed by atoms with Crippen molar-refractivity contribution in [2.75, 3.05) is 30.3 Å². The normalized spacial score (nSPS) is 23.2. The van der Waals surface area contributed by atoms with Gasteiger partial charge in [0, 0.05) is 37.3 Å². The largest absolute Gasteiger partial charge is 0.527 e. The highest BCUT2D eigenvalue weighted by Crippen LogP contribution is 2.34. The first-order valence-electron chi connectivity index (χ1n) is 13.2. The maximum atomic E-state index is 11.6. The van der Waals surface area contributed by atoms with Gasteiger partial charge in [-0.2, -0.15) is 9.97 Å². The second kappa shape index (κ2) is 13.6. The summed E-state index contributed by atoms with van der Waals surface area (Å²) in [4.78, 5) is 31.4. The number of anilines is 2. The number of nitrogens with one attached hydrogen (secondary N) is 2. The number of nitrogens with zero attached hydrogens (tertiary/aromatic N) is 5. The number of ether oxygens (including phenoxy) is 1. The number of fused-ring (bicyclic) bond motifs is 1. The number of imidazole rings is 1. The van der Waals surface area contributed by atoms with Gasteiger partial charge in [0.1, 0.15) is 0 Å². The van der Waals surface area contributed by atoms with E-state index in [4.69, 9.17) is 30.3 Å². The van der Waals surface area contributed by atoms with E-state index in [0.717, 1.165) is 55.5 Å². The average molecular weight is 560 g/mol. The zero-order valence-corrected chi connectivity index (χ0v) is 23.1. The van der Waals surface area contributed by atoms with Gasteiger partial charge in [0.15, 0.2) is 17.0 Å². The van der Waals surface area contributed by atoms with E-state index in [1.54, 1.807) is 12.0 Å². The van der Waals surface area contributed by atoms with Crippen molar-refractivity contribution in [1.29, 1.82) is 0 Å². The first-order chi connectivity index (χ1) is 17.1. The molecule has 0 radical (unpaired) electrons. The molecule has 2 aromatic heterocycles. The lowest BCUT2D eigenvalue weighted by atomic mass is 9.92. The third kappa shape index (κ3) is 7.28. The van der Waals surface area contributed by atoms with Crippen LogP contribution >= 0.6 is 24.8 Å². The Kier molecular flexibility index (Phi) is 10.9. The maximum absolute atomic E-state index is 11.6. The topological polar surface area (TPSA) is 132 Å². The summed E-state index contributed by atoms with van der Waals surface area (Å²) in [5, 5.41) is 8.88. The lowest BCUT2D eigenvalue weighted by Crippen LogP contribution is -2.40. The Morgan fingerprint density at radius 2 is 1.68 bits per heavy atom. The molecule has 13 heteroatoms. The lowest BCUT2D eigenvalue weighted by molar-refractivity contribution is -0.137. The van der Waals surface area contributed by atoms with Crippen molar-refractivity contribution in [3.63, 3.8) is 0 Å². The van der Waals surface area contributed by atoms with Crippen LogP contribution in [-0.4, -0.2) is 68.6 Å². The summed E-state index contributed by atoms with van der Waals surface area (Å²) in [6.07, 6.45) is 11.9. The van der Waals surface area contributed by atoms with E-state index in [-0.39, 0.29) is 30.9 Å². The van der Waals surface area contributed by atoms with Crippen LogP contribution in [0.15, 0.2) is 6.33 Å². The molecule has 3 heterocycles. The quantitative estimate of drug-likeness (QED) is 0.419. The van der Waals surface area contributed by atoms with Crippen molar-refractivity contribution < 1.29 is 14.4 Å². The van der Waals surface area contributed by atoms with Crippen LogP contribution in [0.25, 0.3) is 11.2 Å². The fourth-order valence-corrected chi connectivity index (χ4v) is 5.51. The minimum absolute atomic E-state index is 0. The van der Waals surface area contributed by atoms with Crippen LogP contribution in [0.1, 0.15) is 77.2 Å². The molecular weight excluding hydrogens is 519 g/mol. The van der Waals surface area contributed by atoms with Gasteiger partial charge in [-0.3, -0.25) is 0 Å². The molecule has 0 aromatic carbocycles. The van der Waals surface area contributed by atoms with Gasteiger partial charge in [0.05, 0.1) is 12.9 Å². The average Bonchev–Trinajstić information content (AvgIpc) is 3.52. The summed E-state index contributed by atoms with van der Waals surface area (Å²) in [6.45, 7) is 3.33. The molecule has 1 saturated heterocycles. The summed E-state index contributed by atoms with van der Waals surface area (Å²) in [6, 6.07) is 1.29. The van der Waals surface area contributed by atoms with E-state index in [9.17, 15) is 4.79 Å². The smallest absolute Gasteiger partial charge is 0.433 e. The zero-order valence-electron chi connectivity index (χ0n) is 21.4. The molecule has 0 unspecified atom stereocenters. The number of carbonyl (C=O) groups excluding carboxylic acids is 1. The molecule has 0 spiro atoms. The van der Waals surface area contributed by atoms with Crippen LogP contribution in [0.3, 0.4) is 0 Å². The van der Waals surface area contributed by atoms with Gasteiger partial charge in [-0.15, -0.1) is 29.9 Å². The SMILES string of the molecule is CCOC(=O)ON1CCC(Nc2nc(NC3CCC(N)CC3)nc3c2ncn3C2CCCC2)CC1.Cl.Cl. The number of hydrogen-bond acceptors (Lipinski definition) is 10. The Bertz CT molecular complexity index is 1000. The van der Waals surface area contributed by atoms with Gasteiger partial charge in [0.25, 0.3) is 0 Å². The standard InChI is InChI=1S/C24H38N8O3.2ClH/c1-2-34-24(33)35-31-13-11-18(12-14-31)27-21-20-22(32(15-26-20)19-5-3-4-6-19)30-23(29-21)28-17-9-7-16(25)8-10-17;;/h15-19H,2-14,25H2,1H3,(H2,27,28,29,30);2*1H. The summed E-state index contributed by atoms with van der Waals surface area (Å²) in [5.41, 5.74) is 7.82. The van der Waals surface area contributed by atoms with Crippen LogP contribution in [-0.2, 0) is 9.57 Å². The summed E-state index contributed by atoms with van der Waals surface area (Å²) >= 11 is 0. The zero-order chi connectivity index (χ0) is 24.2. The van der Waals surface area contributed by atoms with E-state index >= 15 is 0 Å². The van der Waals surface area contributed by atoms with Gasteiger partial charge >= 0.3 is 6.16 Å². The molecule has 0 amide bonds. The first kappa shape index (κ1) is 29.5. The molecule has 2 aliphatic carbocycles. The Morgan fingerprint density at radius 3 is 2.35 bits per heavy atom. The highest BCUT2D eigenvalue weighted by molar-refractivity contribution is 5.86. The lowest BCUT2D eigenvalue weighted by Gasteiger charge is -2.31. The van der Waals surface area contributed by atoms with Crippen LogP contribution in [0, 0.1) is 0 Å². The Hall–Kier alpha value is -2.08. The van der Waals surface area contributed by atoms with E-state index in [0.29, 0.717) is 43.8 Å². The highest BCUT2D eigenvalue weighted by Gasteiger charge is 2.27. The van der Waals surface area contributed by atoms with Gasteiger partial charge < -0.3 is 30.5 Å². The maximum Gasteiger partial charge on any atom is 0.527 e.